The molecule has 0 radical (unpaired) electrons. The van der Waals surface area contributed by atoms with Crippen LogP contribution in [0.15, 0.2) is 48.5 Å². The molecule has 2 aromatic carbocycles. The van der Waals surface area contributed by atoms with Gasteiger partial charge in [-0.25, -0.2) is 0 Å². The fourth-order valence-electron chi connectivity index (χ4n) is 4.61. The quantitative estimate of drug-likeness (QED) is 0.740. The van der Waals surface area contributed by atoms with Gasteiger partial charge in [0.1, 0.15) is 0 Å². The molecule has 0 aromatic heterocycles. The zero-order valence-electron chi connectivity index (χ0n) is 16.0. The van der Waals surface area contributed by atoms with Crippen LogP contribution in [-0.4, -0.2) is 42.2 Å². The van der Waals surface area contributed by atoms with Crippen molar-refractivity contribution in [2.45, 2.75) is 24.1 Å². The van der Waals surface area contributed by atoms with E-state index in [1.54, 1.807) is 17.0 Å². The fourth-order valence-corrected chi connectivity index (χ4v) is 6.16. The molecule has 2 aromatic rings. The number of benzene rings is 2. The summed E-state index contributed by atoms with van der Waals surface area (Å²) in [6.07, 6.45) is 3.57. The Labute approximate surface area is 179 Å². The van der Waals surface area contributed by atoms with Gasteiger partial charge < -0.3 is 0 Å². The van der Waals surface area contributed by atoms with Gasteiger partial charge in [-0.3, -0.25) is 24.3 Å². The van der Waals surface area contributed by atoms with Crippen molar-refractivity contribution in [3.63, 3.8) is 0 Å². The van der Waals surface area contributed by atoms with E-state index in [1.165, 1.54) is 18.2 Å². The van der Waals surface area contributed by atoms with Crippen molar-refractivity contribution in [2.75, 3.05) is 35.3 Å². The van der Waals surface area contributed by atoms with E-state index >= 15 is 0 Å². The Hall–Kier alpha value is -2.02. The second-order valence-electron chi connectivity index (χ2n) is 7.71. The Balaban J connectivity index is 1.60. The van der Waals surface area contributed by atoms with Crippen LogP contribution in [-0.2, 0) is 14.5 Å². The number of thioether (sulfide) groups is 1. The Morgan fingerprint density at radius 2 is 1.79 bits per heavy atom. The van der Waals surface area contributed by atoms with Gasteiger partial charge in [-0.2, -0.15) is 0 Å². The molecule has 29 heavy (non-hydrogen) atoms. The number of fused-ring (bicyclic) bond motifs is 2. The summed E-state index contributed by atoms with van der Waals surface area (Å²) < 4.78 is 0. The van der Waals surface area contributed by atoms with Crippen LogP contribution in [0.5, 0.6) is 0 Å². The predicted molar refractivity (Wildman–Crippen MR) is 117 cm³/mol. The minimum absolute atomic E-state index is 0.0416. The zero-order valence-corrected chi connectivity index (χ0v) is 17.6. The van der Waals surface area contributed by atoms with Crippen molar-refractivity contribution in [1.29, 1.82) is 0 Å². The summed E-state index contributed by atoms with van der Waals surface area (Å²) in [4.78, 5) is 31.7. The molecule has 0 saturated carbocycles. The van der Waals surface area contributed by atoms with Gasteiger partial charge in [0.05, 0.1) is 18.1 Å². The molecule has 0 N–H and O–H groups in total. The van der Waals surface area contributed by atoms with Gasteiger partial charge >= 0.3 is 0 Å². The molecule has 2 saturated heterocycles. The van der Waals surface area contributed by atoms with E-state index in [-0.39, 0.29) is 17.6 Å². The van der Waals surface area contributed by atoms with Crippen LogP contribution in [0.1, 0.15) is 24.8 Å². The summed E-state index contributed by atoms with van der Waals surface area (Å²) in [5.74, 6) is 0.157. The number of amides is 2. The third-order valence-electron chi connectivity index (χ3n) is 5.92. The fraction of sp³-hybridized carbons (Fsp3) is 0.364. The van der Waals surface area contributed by atoms with Crippen molar-refractivity contribution in [2.24, 2.45) is 0 Å². The number of anilines is 2. The summed E-state index contributed by atoms with van der Waals surface area (Å²) in [6, 6.07) is 15.1. The van der Waals surface area contributed by atoms with Crippen molar-refractivity contribution in [3.8, 4) is 0 Å². The van der Waals surface area contributed by atoms with Crippen LogP contribution >= 0.6 is 23.4 Å². The molecule has 5 rings (SSSR count). The average Bonchev–Trinajstić information content (AvgIpc) is 3.20. The second-order valence-corrected chi connectivity index (χ2v) is 9.32. The molecule has 2 fully saturated rings. The van der Waals surface area contributed by atoms with E-state index < -0.39 is 4.87 Å². The van der Waals surface area contributed by atoms with Gasteiger partial charge in [-0.15, -0.1) is 11.8 Å². The van der Waals surface area contributed by atoms with E-state index in [4.69, 9.17) is 11.6 Å². The van der Waals surface area contributed by atoms with Crippen LogP contribution < -0.4 is 9.80 Å². The van der Waals surface area contributed by atoms with Crippen LogP contribution in [0.25, 0.3) is 0 Å². The van der Waals surface area contributed by atoms with E-state index in [0.29, 0.717) is 17.4 Å². The number of nitrogens with zero attached hydrogens (tertiary/aromatic N) is 3. The van der Waals surface area contributed by atoms with E-state index in [2.05, 4.69) is 4.90 Å². The lowest BCUT2D eigenvalue weighted by Gasteiger charge is -2.35. The Morgan fingerprint density at radius 3 is 2.59 bits per heavy atom. The Morgan fingerprint density at radius 1 is 1.00 bits per heavy atom. The van der Waals surface area contributed by atoms with Gasteiger partial charge in [0.25, 0.3) is 5.91 Å². The van der Waals surface area contributed by atoms with Gasteiger partial charge in [0.15, 0.2) is 0 Å². The van der Waals surface area contributed by atoms with Crippen molar-refractivity contribution < 1.29 is 9.59 Å². The highest BCUT2D eigenvalue weighted by molar-refractivity contribution is 8.02. The highest BCUT2D eigenvalue weighted by Gasteiger charge is 2.61. The molecule has 0 unspecified atom stereocenters. The number of rotatable bonds is 3. The number of piperidine rings is 1. The average molecular weight is 428 g/mol. The lowest BCUT2D eigenvalue weighted by atomic mass is 10.0. The Bertz CT molecular complexity index is 978. The molecule has 3 heterocycles. The van der Waals surface area contributed by atoms with Crippen molar-refractivity contribution in [3.05, 3.63) is 59.1 Å². The molecule has 5 nitrogen and oxygen atoms in total. The van der Waals surface area contributed by atoms with Gasteiger partial charge in [-0.1, -0.05) is 42.3 Å². The minimum Gasteiger partial charge on any atom is -0.295 e. The third-order valence-corrected chi connectivity index (χ3v) is 7.54. The summed E-state index contributed by atoms with van der Waals surface area (Å²) >= 11 is 7.62. The lowest BCUT2D eigenvalue weighted by Crippen LogP contribution is -2.52. The minimum atomic E-state index is -1.06. The number of carbonyl (C=O) groups excluding carboxylic acids is 2. The molecule has 0 bridgehead atoms. The predicted octanol–water partition coefficient (Wildman–Crippen LogP) is 4.06. The van der Waals surface area contributed by atoms with Crippen molar-refractivity contribution in [1.82, 2.24) is 4.90 Å². The molecule has 3 aliphatic rings. The van der Waals surface area contributed by atoms with E-state index in [1.807, 2.05) is 41.3 Å². The Kier molecular flexibility index (Phi) is 4.81. The molecule has 1 atom stereocenters. The maximum Gasteiger partial charge on any atom is 0.269 e. The number of hydrogen-bond acceptors (Lipinski definition) is 4. The molecule has 2 amide bonds. The van der Waals surface area contributed by atoms with Gasteiger partial charge in [0, 0.05) is 16.3 Å². The first kappa shape index (κ1) is 19.0. The van der Waals surface area contributed by atoms with Gasteiger partial charge in [-0.05, 0) is 50.2 Å². The van der Waals surface area contributed by atoms with Crippen LogP contribution in [0.3, 0.4) is 0 Å². The molecular formula is C22H22ClN3O2S. The summed E-state index contributed by atoms with van der Waals surface area (Å²) in [5, 5.41) is 0.547. The maximum absolute atomic E-state index is 13.9. The smallest absolute Gasteiger partial charge is 0.269 e. The standard InChI is InChI=1S/C22H22ClN3O2S/c23-16-7-6-8-17(13-16)26-20(27)14-29-22(26)18-9-2-3-10-19(18)25(21(22)28)15-24-11-4-1-5-12-24/h2-3,6-10,13H,1,4-5,11-12,14-15H2/t22-/m0/s1. The number of para-hydroxylation sites is 1. The van der Waals surface area contributed by atoms with Crippen LogP contribution in [0, 0.1) is 0 Å². The van der Waals surface area contributed by atoms with E-state index in [0.717, 1.165) is 37.2 Å². The molecular weight excluding hydrogens is 406 g/mol. The molecule has 0 aliphatic carbocycles. The van der Waals surface area contributed by atoms with E-state index in [9.17, 15) is 9.59 Å². The summed E-state index contributed by atoms with van der Waals surface area (Å²) in [5.41, 5.74) is 2.45. The number of hydrogen-bond donors (Lipinski definition) is 0. The molecule has 1 spiro atoms. The summed E-state index contributed by atoms with van der Waals surface area (Å²) in [7, 11) is 0. The number of likely N-dealkylation sites (tertiary alicyclic amines) is 1. The number of halogens is 1. The second kappa shape index (κ2) is 7.35. The first-order chi connectivity index (χ1) is 14.1. The largest absolute Gasteiger partial charge is 0.295 e. The zero-order chi connectivity index (χ0) is 20.0. The van der Waals surface area contributed by atoms with Crippen LogP contribution in [0.4, 0.5) is 11.4 Å². The monoisotopic (exact) mass is 427 g/mol. The SMILES string of the molecule is O=C1CS[C@@]2(C(=O)N(CN3CCCCC3)c3ccccc32)N1c1cccc(Cl)c1. The van der Waals surface area contributed by atoms with Crippen molar-refractivity contribution >= 4 is 46.6 Å². The lowest BCUT2D eigenvalue weighted by molar-refractivity contribution is -0.124. The number of carbonyl (C=O) groups is 2. The molecule has 3 aliphatic heterocycles. The first-order valence-corrected chi connectivity index (χ1v) is 11.3. The first-order valence-electron chi connectivity index (χ1n) is 9.98. The highest BCUT2D eigenvalue weighted by Crippen LogP contribution is 2.55. The molecule has 150 valence electrons. The van der Waals surface area contributed by atoms with Gasteiger partial charge in [0.2, 0.25) is 10.8 Å². The summed E-state index contributed by atoms with van der Waals surface area (Å²) in [6.45, 7) is 2.57. The van der Waals surface area contributed by atoms with Crippen LogP contribution in [0.2, 0.25) is 5.02 Å². The molecule has 7 heteroatoms. The normalized spacial score (nSPS) is 24.6. The maximum atomic E-state index is 13.9. The third kappa shape index (κ3) is 2.97. The topological polar surface area (TPSA) is 43.9 Å². The highest BCUT2D eigenvalue weighted by atomic mass is 35.5.